The molecule has 0 radical (unpaired) electrons. The van der Waals surface area contributed by atoms with E-state index >= 15 is 0 Å². The lowest BCUT2D eigenvalue weighted by molar-refractivity contribution is -0.135. The molecular weight excluding hydrogens is 536 g/mol. The van der Waals surface area contributed by atoms with Crippen LogP contribution in [-0.4, -0.2) is 90.7 Å². The fraction of sp³-hybridized carbons (Fsp3) is 0.571. The molecule has 0 aliphatic carbocycles. The van der Waals surface area contributed by atoms with Crippen LogP contribution in [0.25, 0.3) is 0 Å². The first-order valence-corrected chi connectivity index (χ1v) is 14.1. The van der Waals surface area contributed by atoms with E-state index in [1.54, 1.807) is 31.0 Å². The van der Waals surface area contributed by atoms with Gasteiger partial charge in [0, 0.05) is 39.6 Å². The number of likely N-dealkylation sites (N-methyl/N-ethyl adjacent to an activating group) is 1. The number of carbonyl (C=O) groups is 3. The number of aromatic nitrogens is 2. The molecule has 1 aliphatic rings. The van der Waals surface area contributed by atoms with Gasteiger partial charge in [0.2, 0.25) is 11.8 Å². The number of fused-ring (bicyclic) bond motifs is 2. The quantitative estimate of drug-likeness (QED) is 0.512. The Morgan fingerprint density at radius 3 is 2.58 bits per heavy atom. The van der Waals surface area contributed by atoms with E-state index in [9.17, 15) is 14.4 Å². The predicted octanol–water partition coefficient (Wildman–Crippen LogP) is 2.46. The van der Waals surface area contributed by atoms with Crippen LogP contribution >= 0.6 is 11.6 Å². The van der Waals surface area contributed by atoms with E-state index in [-0.39, 0.29) is 18.4 Å². The molecule has 220 valence electrons. The Bertz CT molecular complexity index is 1160. The summed E-state index contributed by atoms with van der Waals surface area (Å²) in [6, 6.07) is 4.70. The number of halogens is 1. The molecule has 0 unspecified atom stereocenters. The van der Waals surface area contributed by atoms with Gasteiger partial charge in [0.05, 0.1) is 23.5 Å². The number of nitrogens with zero attached hydrogens (tertiary/aromatic N) is 3. The molecular formula is C28H41ClN6O5. The lowest BCUT2D eigenvalue weighted by Gasteiger charge is -2.24. The maximum Gasteiger partial charge on any atom is 0.258 e. The zero-order valence-electron chi connectivity index (χ0n) is 23.8. The highest BCUT2D eigenvalue weighted by Crippen LogP contribution is 2.28. The second kappa shape index (κ2) is 15.5. The van der Waals surface area contributed by atoms with Crippen LogP contribution in [0.1, 0.15) is 49.6 Å². The first kappa shape index (κ1) is 31.2. The highest BCUT2D eigenvalue weighted by Gasteiger charge is 2.20. The van der Waals surface area contributed by atoms with Crippen LogP contribution in [0.2, 0.25) is 5.02 Å². The van der Waals surface area contributed by atoms with Crippen LogP contribution in [-0.2, 0) is 27.3 Å². The van der Waals surface area contributed by atoms with Gasteiger partial charge in [0.15, 0.2) is 18.1 Å². The minimum absolute atomic E-state index is 0.0287. The van der Waals surface area contributed by atoms with Crippen LogP contribution in [0.4, 0.5) is 0 Å². The van der Waals surface area contributed by atoms with Crippen molar-refractivity contribution in [3.05, 3.63) is 40.2 Å². The summed E-state index contributed by atoms with van der Waals surface area (Å²) in [6.07, 6.45) is 3.27. The average Bonchev–Trinajstić information content (AvgIpc) is 3.26. The van der Waals surface area contributed by atoms with Crippen LogP contribution in [0.15, 0.2) is 18.2 Å². The fourth-order valence-corrected chi connectivity index (χ4v) is 4.68. The molecule has 0 fully saturated rings. The van der Waals surface area contributed by atoms with Crippen molar-refractivity contribution in [2.24, 2.45) is 0 Å². The van der Waals surface area contributed by atoms with Crippen LogP contribution in [0.5, 0.6) is 11.5 Å². The second-order valence-corrected chi connectivity index (χ2v) is 10.5. The maximum atomic E-state index is 12.8. The van der Waals surface area contributed by atoms with Crippen molar-refractivity contribution in [2.45, 2.75) is 58.5 Å². The number of H-pyrrole nitrogens is 1. The van der Waals surface area contributed by atoms with E-state index in [0.717, 1.165) is 49.3 Å². The summed E-state index contributed by atoms with van der Waals surface area (Å²) in [5.41, 5.74) is 2.51. The monoisotopic (exact) mass is 576 g/mol. The Labute approximate surface area is 240 Å². The second-order valence-electron chi connectivity index (χ2n) is 10.1. The highest BCUT2D eigenvalue weighted by molar-refractivity contribution is 6.31. The zero-order chi connectivity index (χ0) is 29.1. The number of nitrogens with one attached hydrogen (secondary N) is 3. The minimum atomic E-state index is -0.688. The molecule has 3 amide bonds. The minimum Gasteiger partial charge on any atom is -0.493 e. The van der Waals surface area contributed by atoms with Gasteiger partial charge in [-0.05, 0) is 63.8 Å². The molecule has 0 saturated heterocycles. The van der Waals surface area contributed by atoms with Crippen molar-refractivity contribution >= 4 is 29.3 Å². The number of rotatable bonds is 3. The highest BCUT2D eigenvalue weighted by atomic mass is 35.5. The SMILES string of the molecule is COc1ccc2cc1OCC(=O)N[C@@H](C)C(=O)N(C)CCCCN(Cc1n[nH]c(C)c1Cl)CCCNC(=O)CC2. The summed E-state index contributed by atoms with van der Waals surface area (Å²) in [5, 5.41) is 13.6. The Hall–Kier alpha value is -3.31. The third kappa shape index (κ3) is 9.41. The van der Waals surface area contributed by atoms with Crippen molar-refractivity contribution in [2.75, 3.05) is 46.9 Å². The molecule has 2 aromatic rings. The first-order chi connectivity index (χ1) is 19.2. The van der Waals surface area contributed by atoms with Crippen LogP contribution in [0.3, 0.4) is 0 Å². The summed E-state index contributed by atoms with van der Waals surface area (Å²) >= 11 is 6.41. The number of hydrogen-bond acceptors (Lipinski definition) is 7. The van der Waals surface area contributed by atoms with Crippen molar-refractivity contribution in [1.29, 1.82) is 0 Å². The van der Waals surface area contributed by atoms with Crippen molar-refractivity contribution in [3.8, 4) is 11.5 Å². The molecule has 1 aromatic heterocycles. The molecule has 12 heteroatoms. The fourth-order valence-electron chi connectivity index (χ4n) is 4.53. The smallest absolute Gasteiger partial charge is 0.258 e. The number of benzene rings is 1. The Kier molecular flexibility index (Phi) is 12.1. The Morgan fingerprint density at radius 2 is 1.85 bits per heavy atom. The maximum absolute atomic E-state index is 12.8. The van der Waals surface area contributed by atoms with Gasteiger partial charge >= 0.3 is 0 Å². The molecule has 3 rings (SSSR count). The third-order valence-corrected chi connectivity index (χ3v) is 7.36. The van der Waals surface area contributed by atoms with E-state index in [0.29, 0.717) is 49.0 Å². The molecule has 2 bridgehead atoms. The van der Waals surface area contributed by atoms with Crippen molar-refractivity contribution in [1.82, 2.24) is 30.6 Å². The zero-order valence-corrected chi connectivity index (χ0v) is 24.6. The summed E-state index contributed by atoms with van der Waals surface area (Å²) in [4.78, 5) is 41.8. The summed E-state index contributed by atoms with van der Waals surface area (Å²) < 4.78 is 11.1. The number of hydrogen-bond donors (Lipinski definition) is 3. The topological polar surface area (TPSA) is 129 Å². The first-order valence-electron chi connectivity index (χ1n) is 13.7. The van der Waals surface area contributed by atoms with Crippen molar-refractivity contribution in [3.63, 3.8) is 0 Å². The molecule has 2 heterocycles. The number of amides is 3. The van der Waals surface area contributed by atoms with Gasteiger partial charge in [-0.3, -0.25) is 24.4 Å². The number of carbonyl (C=O) groups excluding carboxylic acids is 3. The van der Waals surface area contributed by atoms with E-state index in [2.05, 4.69) is 25.7 Å². The number of aryl methyl sites for hydroxylation is 2. The largest absolute Gasteiger partial charge is 0.493 e. The van der Waals surface area contributed by atoms with Gasteiger partial charge in [0.25, 0.3) is 5.91 Å². The van der Waals surface area contributed by atoms with Gasteiger partial charge < -0.3 is 25.0 Å². The lowest BCUT2D eigenvalue weighted by atomic mass is 10.1. The lowest BCUT2D eigenvalue weighted by Crippen LogP contribution is -2.47. The van der Waals surface area contributed by atoms with Gasteiger partial charge in [-0.1, -0.05) is 17.7 Å². The van der Waals surface area contributed by atoms with E-state index in [1.165, 1.54) is 7.11 Å². The standard InChI is InChI=1S/C28H41ClN6O5/c1-19-27(29)22(33-32-19)17-35-14-6-5-13-34(3)28(38)20(2)31-26(37)18-40-24-16-21(8-10-23(24)39-4)9-11-25(36)30-12-7-15-35/h8,10,16,20H,5-7,9,11-15,17-18H2,1-4H3,(H,30,36)(H,31,37)(H,32,33)/t20-/m0/s1. The number of ether oxygens (including phenoxy) is 2. The molecule has 1 atom stereocenters. The normalized spacial score (nSPS) is 19.6. The van der Waals surface area contributed by atoms with Gasteiger partial charge in [-0.2, -0.15) is 5.10 Å². The van der Waals surface area contributed by atoms with E-state index < -0.39 is 11.9 Å². The average molecular weight is 577 g/mol. The molecule has 1 aromatic carbocycles. The summed E-state index contributed by atoms with van der Waals surface area (Å²) in [7, 11) is 3.26. The molecule has 0 spiro atoms. The van der Waals surface area contributed by atoms with Crippen LogP contribution < -0.4 is 20.1 Å². The van der Waals surface area contributed by atoms with Gasteiger partial charge in [-0.15, -0.1) is 0 Å². The molecule has 40 heavy (non-hydrogen) atoms. The summed E-state index contributed by atoms with van der Waals surface area (Å²) in [5.74, 6) is 0.280. The van der Waals surface area contributed by atoms with E-state index in [4.69, 9.17) is 21.1 Å². The molecule has 1 aliphatic heterocycles. The molecule has 3 N–H and O–H groups in total. The summed E-state index contributed by atoms with van der Waals surface area (Å²) in [6.45, 7) is 6.56. The Morgan fingerprint density at radius 1 is 1.10 bits per heavy atom. The van der Waals surface area contributed by atoms with Crippen LogP contribution in [0, 0.1) is 6.92 Å². The molecule has 11 nitrogen and oxygen atoms in total. The molecule has 0 saturated carbocycles. The number of aromatic amines is 1. The number of methoxy groups -OCH3 is 1. The predicted molar refractivity (Wildman–Crippen MR) is 153 cm³/mol. The third-order valence-electron chi connectivity index (χ3n) is 6.86. The van der Waals surface area contributed by atoms with E-state index in [1.807, 2.05) is 13.0 Å². The van der Waals surface area contributed by atoms with Gasteiger partial charge in [0.1, 0.15) is 6.04 Å². The van der Waals surface area contributed by atoms with Crippen molar-refractivity contribution < 1.29 is 23.9 Å². The Balaban J connectivity index is 1.69. The van der Waals surface area contributed by atoms with Gasteiger partial charge in [-0.25, -0.2) is 0 Å².